The summed E-state index contributed by atoms with van der Waals surface area (Å²) in [4.78, 5) is 7.75. The van der Waals surface area contributed by atoms with Gasteiger partial charge in [-0.05, 0) is 65.1 Å². The highest BCUT2D eigenvalue weighted by Gasteiger charge is 2.18. The highest BCUT2D eigenvalue weighted by atomic mass is 16.5. The van der Waals surface area contributed by atoms with Crippen molar-refractivity contribution in [1.82, 2.24) is 9.97 Å². The highest BCUT2D eigenvalue weighted by Crippen LogP contribution is 2.40. The van der Waals surface area contributed by atoms with Gasteiger partial charge in [-0.25, -0.2) is 0 Å². The van der Waals surface area contributed by atoms with Crippen molar-refractivity contribution in [1.29, 1.82) is 0 Å². The molecule has 0 amide bonds. The van der Waals surface area contributed by atoms with Crippen molar-refractivity contribution in [2.45, 2.75) is 19.8 Å². The molecule has 4 rings (SSSR count). The number of ether oxygens (including phenoxy) is 2. The molecule has 0 bridgehead atoms. The predicted molar refractivity (Wildman–Crippen MR) is 114 cm³/mol. The molecule has 142 valence electrons. The van der Waals surface area contributed by atoms with Crippen molar-refractivity contribution >= 4 is 10.9 Å². The highest BCUT2D eigenvalue weighted by molar-refractivity contribution is 5.94. The van der Waals surface area contributed by atoms with E-state index in [4.69, 9.17) is 9.47 Å². The van der Waals surface area contributed by atoms with E-state index in [0.717, 1.165) is 28.3 Å². The average molecular weight is 372 g/mol. The first-order valence-electron chi connectivity index (χ1n) is 9.40. The first-order chi connectivity index (χ1) is 13.6. The van der Waals surface area contributed by atoms with Gasteiger partial charge in [-0.1, -0.05) is 19.9 Å². The first-order valence-corrected chi connectivity index (χ1v) is 9.40. The molecule has 0 fully saturated rings. The van der Waals surface area contributed by atoms with Crippen LogP contribution in [0.1, 0.15) is 25.3 Å². The number of methoxy groups -OCH3 is 2. The van der Waals surface area contributed by atoms with E-state index in [-0.39, 0.29) is 0 Å². The third-order valence-electron chi connectivity index (χ3n) is 5.10. The van der Waals surface area contributed by atoms with Gasteiger partial charge in [0.05, 0.1) is 19.9 Å². The Morgan fingerprint density at radius 1 is 0.786 bits per heavy atom. The van der Waals surface area contributed by atoms with Crippen LogP contribution in [0.25, 0.3) is 33.3 Å². The molecule has 2 aromatic carbocycles. The van der Waals surface area contributed by atoms with Crippen LogP contribution in [0.2, 0.25) is 0 Å². The van der Waals surface area contributed by atoms with Gasteiger partial charge in [0.15, 0.2) is 11.5 Å². The van der Waals surface area contributed by atoms with Crippen LogP contribution < -0.4 is 9.47 Å². The molecule has 4 heteroatoms. The molecule has 2 aromatic heterocycles. The SMILES string of the molecule is COc1ccc(-c2[nH]c3ccc(-c4ccncc4)cc3c2C(C)C)cc1OC. The third kappa shape index (κ3) is 3.11. The van der Waals surface area contributed by atoms with E-state index in [1.54, 1.807) is 14.2 Å². The second-order valence-corrected chi connectivity index (χ2v) is 7.13. The molecule has 0 unspecified atom stereocenters. The summed E-state index contributed by atoms with van der Waals surface area (Å²) in [7, 11) is 3.32. The summed E-state index contributed by atoms with van der Waals surface area (Å²) in [6.07, 6.45) is 3.66. The summed E-state index contributed by atoms with van der Waals surface area (Å²) in [5.74, 6) is 1.82. The molecule has 0 saturated heterocycles. The lowest BCUT2D eigenvalue weighted by Crippen LogP contribution is -1.93. The number of aromatic nitrogens is 2. The second kappa shape index (κ2) is 7.39. The molecule has 0 aliphatic heterocycles. The van der Waals surface area contributed by atoms with Crippen molar-refractivity contribution in [3.8, 4) is 33.9 Å². The van der Waals surface area contributed by atoms with E-state index in [1.165, 1.54) is 22.1 Å². The maximum atomic E-state index is 5.50. The largest absolute Gasteiger partial charge is 0.493 e. The van der Waals surface area contributed by atoms with Crippen LogP contribution in [0.4, 0.5) is 0 Å². The summed E-state index contributed by atoms with van der Waals surface area (Å²) in [6, 6.07) is 16.7. The summed E-state index contributed by atoms with van der Waals surface area (Å²) in [5.41, 5.74) is 7.00. The monoisotopic (exact) mass is 372 g/mol. The molecule has 2 heterocycles. The molecule has 0 aliphatic carbocycles. The minimum absolute atomic E-state index is 0.365. The first kappa shape index (κ1) is 18.1. The lowest BCUT2D eigenvalue weighted by Gasteiger charge is -2.12. The van der Waals surface area contributed by atoms with E-state index < -0.39 is 0 Å². The van der Waals surface area contributed by atoms with Gasteiger partial charge in [-0.2, -0.15) is 0 Å². The Hall–Kier alpha value is -3.27. The fourth-order valence-electron chi connectivity index (χ4n) is 3.76. The normalized spacial score (nSPS) is 11.2. The van der Waals surface area contributed by atoms with E-state index in [0.29, 0.717) is 5.92 Å². The Balaban J connectivity index is 1.91. The maximum absolute atomic E-state index is 5.50. The third-order valence-corrected chi connectivity index (χ3v) is 5.10. The number of hydrogen-bond acceptors (Lipinski definition) is 3. The van der Waals surface area contributed by atoms with Crippen LogP contribution in [0.3, 0.4) is 0 Å². The molecule has 0 spiro atoms. The lowest BCUT2D eigenvalue weighted by atomic mass is 9.94. The standard InChI is InChI=1S/C24H24N2O2/c1-15(2)23-19-13-17(16-9-11-25-12-10-16)5-7-20(19)26-24(23)18-6-8-21(27-3)22(14-18)28-4/h5-15,26H,1-4H3. The summed E-state index contributed by atoms with van der Waals surface area (Å²) < 4.78 is 10.9. The molecule has 4 nitrogen and oxygen atoms in total. The van der Waals surface area contributed by atoms with Crippen molar-refractivity contribution in [2.75, 3.05) is 14.2 Å². The van der Waals surface area contributed by atoms with E-state index in [9.17, 15) is 0 Å². The zero-order valence-corrected chi connectivity index (χ0v) is 16.6. The zero-order valence-electron chi connectivity index (χ0n) is 16.6. The van der Waals surface area contributed by atoms with Gasteiger partial charge in [0.2, 0.25) is 0 Å². The molecular weight excluding hydrogens is 348 g/mol. The summed E-state index contributed by atoms with van der Waals surface area (Å²) in [6.45, 7) is 4.46. The van der Waals surface area contributed by atoms with Crippen LogP contribution in [0.15, 0.2) is 60.9 Å². The number of benzene rings is 2. The number of rotatable bonds is 5. The number of nitrogens with one attached hydrogen (secondary N) is 1. The molecular formula is C24H24N2O2. The van der Waals surface area contributed by atoms with Gasteiger partial charge in [-0.15, -0.1) is 0 Å². The molecule has 4 aromatic rings. The fourth-order valence-corrected chi connectivity index (χ4v) is 3.76. The maximum Gasteiger partial charge on any atom is 0.161 e. The molecule has 0 atom stereocenters. The second-order valence-electron chi connectivity index (χ2n) is 7.13. The Morgan fingerprint density at radius 3 is 2.18 bits per heavy atom. The quantitative estimate of drug-likeness (QED) is 0.465. The van der Waals surface area contributed by atoms with Gasteiger partial charge in [0, 0.05) is 28.9 Å². The average Bonchev–Trinajstić information content (AvgIpc) is 3.12. The van der Waals surface area contributed by atoms with Gasteiger partial charge >= 0.3 is 0 Å². The van der Waals surface area contributed by atoms with Crippen molar-refractivity contribution in [3.05, 3.63) is 66.5 Å². The van der Waals surface area contributed by atoms with Crippen LogP contribution in [-0.4, -0.2) is 24.2 Å². The van der Waals surface area contributed by atoms with Crippen LogP contribution in [0, 0.1) is 0 Å². The van der Waals surface area contributed by atoms with Crippen LogP contribution in [0.5, 0.6) is 11.5 Å². The molecule has 0 radical (unpaired) electrons. The Kier molecular flexibility index (Phi) is 4.78. The number of H-pyrrole nitrogens is 1. The van der Waals surface area contributed by atoms with E-state index in [1.807, 2.05) is 36.7 Å². The Morgan fingerprint density at radius 2 is 1.50 bits per heavy atom. The van der Waals surface area contributed by atoms with Crippen LogP contribution in [-0.2, 0) is 0 Å². The lowest BCUT2D eigenvalue weighted by molar-refractivity contribution is 0.355. The number of pyridine rings is 1. The molecule has 0 aliphatic rings. The molecule has 1 N–H and O–H groups in total. The number of fused-ring (bicyclic) bond motifs is 1. The Labute approximate surface area is 165 Å². The van der Waals surface area contributed by atoms with Gasteiger partial charge in [-0.3, -0.25) is 4.98 Å². The van der Waals surface area contributed by atoms with Gasteiger partial charge < -0.3 is 14.5 Å². The number of nitrogens with zero attached hydrogens (tertiary/aromatic N) is 1. The fraction of sp³-hybridized carbons (Fsp3) is 0.208. The smallest absolute Gasteiger partial charge is 0.161 e. The summed E-state index contributed by atoms with van der Waals surface area (Å²) >= 11 is 0. The molecule has 0 saturated carbocycles. The Bertz CT molecular complexity index is 1110. The minimum Gasteiger partial charge on any atom is -0.493 e. The zero-order chi connectivity index (χ0) is 19.7. The number of hydrogen-bond donors (Lipinski definition) is 1. The van der Waals surface area contributed by atoms with Crippen LogP contribution >= 0.6 is 0 Å². The minimum atomic E-state index is 0.365. The predicted octanol–water partition coefficient (Wildman–Crippen LogP) is 6.04. The van der Waals surface area contributed by atoms with E-state index in [2.05, 4.69) is 48.1 Å². The van der Waals surface area contributed by atoms with Crippen molar-refractivity contribution < 1.29 is 9.47 Å². The van der Waals surface area contributed by atoms with Gasteiger partial charge in [0.25, 0.3) is 0 Å². The number of aromatic amines is 1. The summed E-state index contributed by atoms with van der Waals surface area (Å²) in [5, 5.41) is 1.24. The topological polar surface area (TPSA) is 47.1 Å². The van der Waals surface area contributed by atoms with Gasteiger partial charge in [0.1, 0.15) is 0 Å². The molecule has 28 heavy (non-hydrogen) atoms. The van der Waals surface area contributed by atoms with Crippen molar-refractivity contribution in [2.24, 2.45) is 0 Å². The van der Waals surface area contributed by atoms with E-state index >= 15 is 0 Å². The van der Waals surface area contributed by atoms with Crippen molar-refractivity contribution in [3.63, 3.8) is 0 Å².